The number of nitrogens with one attached hydrogen (secondary N) is 2. The number of hydrogen-bond donors (Lipinski definition) is 2. The predicted octanol–water partition coefficient (Wildman–Crippen LogP) is 2.79. The number of aromatic nitrogens is 2. The SMILES string of the molecule is CCOCc1ccc(CNC(=NC)NCCCn2cccn2)cc1.I. The van der Waals surface area contributed by atoms with Gasteiger partial charge in [-0.05, 0) is 30.5 Å². The first-order valence-electron chi connectivity index (χ1n) is 8.39. The Morgan fingerprint density at radius 3 is 2.60 bits per heavy atom. The van der Waals surface area contributed by atoms with Gasteiger partial charge in [-0.1, -0.05) is 24.3 Å². The third-order valence-corrected chi connectivity index (χ3v) is 3.60. The van der Waals surface area contributed by atoms with Gasteiger partial charge in [0.1, 0.15) is 0 Å². The number of nitrogens with zero attached hydrogens (tertiary/aromatic N) is 3. The van der Waals surface area contributed by atoms with Crippen molar-refractivity contribution in [2.75, 3.05) is 20.2 Å². The molecule has 2 rings (SSSR count). The Bertz CT molecular complexity index is 598. The van der Waals surface area contributed by atoms with Gasteiger partial charge in [-0.25, -0.2) is 0 Å². The van der Waals surface area contributed by atoms with Crippen LogP contribution in [0, 0.1) is 0 Å². The standard InChI is InChI=1S/C18H27N5O.HI/c1-3-24-15-17-8-6-16(7-9-17)14-21-18(19-2)20-10-4-12-23-13-5-11-22-23;/h5-9,11,13H,3-4,10,12,14-15H2,1-2H3,(H2,19,20,21);1H. The van der Waals surface area contributed by atoms with Crippen LogP contribution in [0.5, 0.6) is 0 Å². The summed E-state index contributed by atoms with van der Waals surface area (Å²) in [4.78, 5) is 4.25. The van der Waals surface area contributed by atoms with Crippen LogP contribution in [-0.2, 0) is 24.4 Å². The number of rotatable bonds is 9. The van der Waals surface area contributed by atoms with Crippen LogP contribution in [0.3, 0.4) is 0 Å². The van der Waals surface area contributed by atoms with Gasteiger partial charge in [0.15, 0.2) is 5.96 Å². The first-order valence-corrected chi connectivity index (χ1v) is 8.39. The van der Waals surface area contributed by atoms with Gasteiger partial charge >= 0.3 is 0 Å². The van der Waals surface area contributed by atoms with E-state index in [1.54, 1.807) is 13.2 Å². The maximum absolute atomic E-state index is 5.41. The molecule has 0 saturated carbocycles. The van der Waals surface area contributed by atoms with Crippen molar-refractivity contribution in [3.8, 4) is 0 Å². The van der Waals surface area contributed by atoms with Crippen LogP contribution in [0.25, 0.3) is 0 Å². The molecule has 0 fully saturated rings. The molecule has 0 aliphatic rings. The van der Waals surface area contributed by atoms with E-state index < -0.39 is 0 Å². The molecule has 0 radical (unpaired) electrons. The lowest BCUT2D eigenvalue weighted by Gasteiger charge is -2.12. The normalized spacial score (nSPS) is 11.0. The molecule has 138 valence electrons. The Kier molecular flexibility index (Phi) is 10.9. The Labute approximate surface area is 167 Å². The lowest BCUT2D eigenvalue weighted by atomic mass is 10.1. The van der Waals surface area contributed by atoms with Crippen molar-refractivity contribution in [2.24, 2.45) is 4.99 Å². The van der Waals surface area contributed by atoms with Crippen molar-refractivity contribution in [3.63, 3.8) is 0 Å². The topological polar surface area (TPSA) is 63.5 Å². The molecule has 0 aliphatic carbocycles. The van der Waals surface area contributed by atoms with Crippen LogP contribution in [0.2, 0.25) is 0 Å². The average Bonchev–Trinajstić information content (AvgIpc) is 3.13. The van der Waals surface area contributed by atoms with Crippen molar-refractivity contribution >= 4 is 29.9 Å². The minimum Gasteiger partial charge on any atom is -0.377 e. The molecule has 0 bridgehead atoms. The molecule has 6 nitrogen and oxygen atoms in total. The summed E-state index contributed by atoms with van der Waals surface area (Å²) in [6.07, 6.45) is 4.77. The van der Waals surface area contributed by atoms with E-state index in [0.717, 1.165) is 38.6 Å². The summed E-state index contributed by atoms with van der Waals surface area (Å²) >= 11 is 0. The molecule has 1 heterocycles. The Hall–Kier alpha value is -1.61. The molecule has 0 spiro atoms. The van der Waals surface area contributed by atoms with Gasteiger partial charge in [0, 0.05) is 45.7 Å². The number of ether oxygens (including phenoxy) is 1. The van der Waals surface area contributed by atoms with E-state index in [9.17, 15) is 0 Å². The summed E-state index contributed by atoms with van der Waals surface area (Å²) in [5.41, 5.74) is 2.41. The number of aryl methyl sites for hydroxylation is 1. The largest absolute Gasteiger partial charge is 0.377 e. The fourth-order valence-corrected chi connectivity index (χ4v) is 2.26. The van der Waals surface area contributed by atoms with E-state index in [1.807, 2.05) is 23.9 Å². The second-order valence-corrected chi connectivity index (χ2v) is 5.43. The van der Waals surface area contributed by atoms with Crippen LogP contribution in [-0.4, -0.2) is 35.9 Å². The number of guanidine groups is 1. The van der Waals surface area contributed by atoms with E-state index in [1.165, 1.54) is 11.1 Å². The molecular weight excluding hydrogens is 429 g/mol. The van der Waals surface area contributed by atoms with Crippen molar-refractivity contribution in [1.82, 2.24) is 20.4 Å². The van der Waals surface area contributed by atoms with E-state index >= 15 is 0 Å². The first-order chi connectivity index (χ1) is 11.8. The van der Waals surface area contributed by atoms with Crippen molar-refractivity contribution in [2.45, 2.75) is 33.0 Å². The number of halogens is 1. The number of benzene rings is 1. The third-order valence-electron chi connectivity index (χ3n) is 3.60. The molecule has 25 heavy (non-hydrogen) atoms. The molecule has 1 aromatic heterocycles. The monoisotopic (exact) mass is 457 g/mol. The van der Waals surface area contributed by atoms with Crippen LogP contribution < -0.4 is 10.6 Å². The van der Waals surface area contributed by atoms with E-state index in [2.05, 4.69) is 45.0 Å². The lowest BCUT2D eigenvalue weighted by Crippen LogP contribution is -2.37. The van der Waals surface area contributed by atoms with E-state index in [-0.39, 0.29) is 24.0 Å². The smallest absolute Gasteiger partial charge is 0.191 e. The summed E-state index contributed by atoms with van der Waals surface area (Å²) in [5, 5.41) is 10.8. The second kappa shape index (κ2) is 12.7. The highest BCUT2D eigenvalue weighted by Crippen LogP contribution is 2.05. The second-order valence-electron chi connectivity index (χ2n) is 5.43. The Balaban J connectivity index is 0.00000312. The highest BCUT2D eigenvalue weighted by molar-refractivity contribution is 14.0. The van der Waals surface area contributed by atoms with Gasteiger partial charge in [0.25, 0.3) is 0 Å². The minimum absolute atomic E-state index is 0. The Morgan fingerprint density at radius 2 is 1.96 bits per heavy atom. The van der Waals surface area contributed by atoms with Crippen molar-refractivity contribution in [1.29, 1.82) is 0 Å². The molecule has 2 N–H and O–H groups in total. The molecular formula is C18H28IN5O. The van der Waals surface area contributed by atoms with Crippen LogP contribution in [0.1, 0.15) is 24.5 Å². The number of aliphatic imine (C=N–C) groups is 1. The molecule has 0 atom stereocenters. The summed E-state index contributed by atoms with van der Waals surface area (Å²) in [7, 11) is 1.79. The maximum atomic E-state index is 5.41. The molecule has 0 unspecified atom stereocenters. The fourth-order valence-electron chi connectivity index (χ4n) is 2.26. The van der Waals surface area contributed by atoms with Crippen molar-refractivity contribution in [3.05, 3.63) is 53.9 Å². The van der Waals surface area contributed by atoms with E-state index in [0.29, 0.717) is 6.61 Å². The van der Waals surface area contributed by atoms with Gasteiger partial charge in [0.05, 0.1) is 6.61 Å². The van der Waals surface area contributed by atoms with Gasteiger partial charge < -0.3 is 15.4 Å². The molecule has 2 aromatic rings. The quantitative estimate of drug-likeness (QED) is 0.263. The van der Waals surface area contributed by atoms with Crippen LogP contribution in [0.15, 0.2) is 47.7 Å². The molecule has 0 saturated heterocycles. The van der Waals surface area contributed by atoms with Crippen LogP contribution in [0.4, 0.5) is 0 Å². The average molecular weight is 457 g/mol. The highest BCUT2D eigenvalue weighted by Gasteiger charge is 1.99. The zero-order valence-electron chi connectivity index (χ0n) is 14.9. The molecule has 7 heteroatoms. The summed E-state index contributed by atoms with van der Waals surface area (Å²) < 4.78 is 7.34. The zero-order chi connectivity index (χ0) is 17.0. The molecule has 0 aliphatic heterocycles. The van der Waals surface area contributed by atoms with Gasteiger partial charge in [-0.15, -0.1) is 24.0 Å². The predicted molar refractivity (Wildman–Crippen MR) is 112 cm³/mol. The van der Waals surface area contributed by atoms with Gasteiger partial charge in [-0.3, -0.25) is 9.67 Å². The zero-order valence-corrected chi connectivity index (χ0v) is 17.3. The lowest BCUT2D eigenvalue weighted by molar-refractivity contribution is 0.134. The molecule has 0 amide bonds. The number of hydrogen-bond acceptors (Lipinski definition) is 3. The Morgan fingerprint density at radius 1 is 1.20 bits per heavy atom. The van der Waals surface area contributed by atoms with Gasteiger partial charge in [0.2, 0.25) is 0 Å². The van der Waals surface area contributed by atoms with E-state index in [4.69, 9.17) is 4.74 Å². The first kappa shape index (κ1) is 21.4. The maximum Gasteiger partial charge on any atom is 0.191 e. The fraction of sp³-hybridized carbons (Fsp3) is 0.444. The highest BCUT2D eigenvalue weighted by atomic mass is 127. The molecule has 1 aromatic carbocycles. The van der Waals surface area contributed by atoms with Crippen molar-refractivity contribution < 1.29 is 4.74 Å². The summed E-state index contributed by atoms with van der Waals surface area (Å²) in [6.45, 7) is 5.92. The minimum atomic E-state index is 0. The summed E-state index contributed by atoms with van der Waals surface area (Å²) in [5.74, 6) is 0.814. The summed E-state index contributed by atoms with van der Waals surface area (Å²) in [6, 6.07) is 10.4. The van der Waals surface area contributed by atoms with Crippen LogP contribution >= 0.6 is 24.0 Å². The third kappa shape index (κ3) is 8.35. The van der Waals surface area contributed by atoms with Gasteiger partial charge in [-0.2, -0.15) is 5.10 Å².